The molecule has 0 atom stereocenters. The van der Waals surface area contributed by atoms with Crippen LogP contribution in [0.5, 0.6) is 0 Å². The van der Waals surface area contributed by atoms with E-state index in [0.29, 0.717) is 6.61 Å². The average Bonchev–Trinajstić information content (AvgIpc) is 2.38. The molecule has 19 heavy (non-hydrogen) atoms. The number of unbranched alkanes of at least 4 members (excludes halogenated alkanes) is 1. The normalized spacial score (nSPS) is 11.3. The highest BCUT2D eigenvalue weighted by Gasteiger charge is 1.99. The molecule has 1 aromatic carbocycles. The molecule has 1 aromatic rings. The van der Waals surface area contributed by atoms with Crippen LogP contribution in [0.15, 0.2) is 30.4 Å². The Morgan fingerprint density at radius 2 is 2.00 bits per heavy atom. The van der Waals surface area contributed by atoms with E-state index in [1.807, 2.05) is 18.2 Å². The van der Waals surface area contributed by atoms with E-state index in [4.69, 9.17) is 4.74 Å². The molecule has 0 spiro atoms. The number of esters is 1. The van der Waals surface area contributed by atoms with Gasteiger partial charge in [0.2, 0.25) is 0 Å². The molecular weight excluding hydrogens is 236 g/mol. The van der Waals surface area contributed by atoms with Crippen molar-refractivity contribution >= 4 is 18.1 Å². The molecule has 0 unspecified atom stereocenters. The Balaban J connectivity index is 2.90. The molecule has 0 radical (unpaired) electrons. The molecule has 0 aliphatic heterocycles. The predicted molar refractivity (Wildman–Crippen MR) is 80.8 cm³/mol. The third-order valence-electron chi connectivity index (χ3n) is 2.68. The first-order valence-electron chi connectivity index (χ1n) is 6.79. The summed E-state index contributed by atoms with van der Waals surface area (Å²) >= 11 is 0. The number of benzene rings is 1. The van der Waals surface area contributed by atoms with Gasteiger partial charge in [0.15, 0.2) is 0 Å². The van der Waals surface area contributed by atoms with Crippen LogP contribution in [0.3, 0.4) is 0 Å². The second kappa shape index (κ2) is 8.30. The van der Waals surface area contributed by atoms with E-state index in [2.05, 4.69) is 32.1 Å². The lowest BCUT2D eigenvalue weighted by molar-refractivity contribution is -0.137. The molecule has 1 rings (SSSR count). The molecular formula is C17H22O2. The maximum atomic E-state index is 11.3. The SMILES string of the molecule is CCC/C=C/c1cc(C)ccc1/C=C/C(=O)OCC. The molecule has 0 aliphatic carbocycles. The maximum Gasteiger partial charge on any atom is 0.330 e. The lowest BCUT2D eigenvalue weighted by Gasteiger charge is -2.03. The molecule has 0 saturated carbocycles. The molecule has 0 heterocycles. The van der Waals surface area contributed by atoms with Crippen LogP contribution >= 0.6 is 0 Å². The van der Waals surface area contributed by atoms with Gasteiger partial charge in [0.1, 0.15) is 0 Å². The fourth-order valence-electron chi connectivity index (χ4n) is 1.72. The maximum absolute atomic E-state index is 11.3. The number of rotatable bonds is 6. The Labute approximate surface area is 115 Å². The Morgan fingerprint density at radius 1 is 1.21 bits per heavy atom. The number of aryl methyl sites for hydroxylation is 1. The lowest BCUT2D eigenvalue weighted by atomic mass is 10.0. The van der Waals surface area contributed by atoms with Gasteiger partial charge in [-0.25, -0.2) is 4.79 Å². The van der Waals surface area contributed by atoms with Gasteiger partial charge >= 0.3 is 5.97 Å². The van der Waals surface area contributed by atoms with E-state index in [0.717, 1.165) is 24.0 Å². The Bertz CT molecular complexity index is 470. The van der Waals surface area contributed by atoms with Gasteiger partial charge < -0.3 is 4.74 Å². The molecule has 0 aromatic heterocycles. The van der Waals surface area contributed by atoms with Crippen LogP contribution in [0.1, 0.15) is 43.4 Å². The quantitative estimate of drug-likeness (QED) is 0.559. The fourth-order valence-corrected chi connectivity index (χ4v) is 1.72. The number of ether oxygens (including phenoxy) is 1. The van der Waals surface area contributed by atoms with Crippen LogP contribution in [-0.2, 0) is 9.53 Å². The van der Waals surface area contributed by atoms with Gasteiger partial charge in [-0.05, 0) is 37.5 Å². The summed E-state index contributed by atoms with van der Waals surface area (Å²) in [6.45, 7) is 6.43. The van der Waals surface area contributed by atoms with Gasteiger partial charge in [-0.1, -0.05) is 49.3 Å². The first kappa shape index (κ1) is 15.2. The Morgan fingerprint density at radius 3 is 2.68 bits per heavy atom. The summed E-state index contributed by atoms with van der Waals surface area (Å²) in [6, 6.07) is 6.19. The fraction of sp³-hybridized carbons (Fsp3) is 0.353. The molecule has 0 fully saturated rings. The summed E-state index contributed by atoms with van der Waals surface area (Å²) in [4.78, 5) is 11.3. The highest BCUT2D eigenvalue weighted by atomic mass is 16.5. The van der Waals surface area contributed by atoms with Crippen LogP contribution in [0.4, 0.5) is 0 Å². The van der Waals surface area contributed by atoms with Crippen molar-refractivity contribution in [1.29, 1.82) is 0 Å². The van der Waals surface area contributed by atoms with Crippen LogP contribution in [0, 0.1) is 6.92 Å². The zero-order valence-corrected chi connectivity index (χ0v) is 12.0. The highest BCUT2D eigenvalue weighted by Crippen LogP contribution is 2.16. The zero-order chi connectivity index (χ0) is 14.1. The smallest absolute Gasteiger partial charge is 0.330 e. The van der Waals surface area contributed by atoms with E-state index in [1.165, 1.54) is 11.6 Å². The number of carbonyl (C=O) groups excluding carboxylic acids is 1. The van der Waals surface area contributed by atoms with Gasteiger partial charge in [0.05, 0.1) is 6.61 Å². The molecule has 0 amide bonds. The van der Waals surface area contributed by atoms with E-state index >= 15 is 0 Å². The average molecular weight is 258 g/mol. The van der Waals surface area contributed by atoms with E-state index in [1.54, 1.807) is 6.92 Å². The van der Waals surface area contributed by atoms with Crippen LogP contribution in [-0.4, -0.2) is 12.6 Å². The summed E-state index contributed by atoms with van der Waals surface area (Å²) in [5, 5.41) is 0. The van der Waals surface area contributed by atoms with Crippen molar-refractivity contribution in [2.45, 2.75) is 33.6 Å². The van der Waals surface area contributed by atoms with Crippen LogP contribution < -0.4 is 0 Å². The summed E-state index contributed by atoms with van der Waals surface area (Å²) in [7, 11) is 0. The first-order chi connectivity index (χ1) is 9.17. The zero-order valence-electron chi connectivity index (χ0n) is 12.0. The van der Waals surface area contributed by atoms with Gasteiger partial charge in [-0.3, -0.25) is 0 Å². The van der Waals surface area contributed by atoms with Crippen molar-refractivity contribution in [3.8, 4) is 0 Å². The van der Waals surface area contributed by atoms with E-state index in [-0.39, 0.29) is 5.97 Å². The molecule has 0 bridgehead atoms. The largest absolute Gasteiger partial charge is 0.463 e. The second-order valence-corrected chi connectivity index (χ2v) is 4.41. The third kappa shape index (κ3) is 5.56. The second-order valence-electron chi connectivity index (χ2n) is 4.41. The molecule has 0 N–H and O–H groups in total. The summed E-state index contributed by atoms with van der Waals surface area (Å²) in [5.41, 5.74) is 3.38. The van der Waals surface area contributed by atoms with E-state index < -0.39 is 0 Å². The molecule has 2 heteroatoms. The van der Waals surface area contributed by atoms with Gasteiger partial charge in [-0.2, -0.15) is 0 Å². The minimum atomic E-state index is -0.299. The standard InChI is InChI=1S/C17H22O2/c1-4-6-7-8-16-13-14(3)9-10-15(16)11-12-17(18)19-5-2/h7-13H,4-6H2,1-3H3/b8-7+,12-11+. The van der Waals surface area contributed by atoms with Crippen molar-refractivity contribution < 1.29 is 9.53 Å². The summed E-state index contributed by atoms with van der Waals surface area (Å²) in [5.74, 6) is -0.299. The monoisotopic (exact) mass is 258 g/mol. The minimum absolute atomic E-state index is 0.299. The molecule has 0 saturated heterocycles. The number of carbonyl (C=O) groups is 1. The number of hydrogen-bond donors (Lipinski definition) is 0. The topological polar surface area (TPSA) is 26.3 Å². The third-order valence-corrected chi connectivity index (χ3v) is 2.68. The Hall–Kier alpha value is -1.83. The minimum Gasteiger partial charge on any atom is -0.463 e. The van der Waals surface area contributed by atoms with Crippen molar-refractivity contribution in [3.63, 3.8) is 0 Å². The van der Waals surface area contributed by atoms with Gasteiger partial charge in [-0.15, -0.1) is 0 Å². The molecule has 2 nitrogen and oxygen atoms in total. The van der Waals surface area contributed by atoms with Crippen molar-refractivity contribution in [2.24, 2.45) is 0 Å². The van der Waals surface area contributed by atoms with Crippen molar-refractivity contribution in [3.05, 3.63) is 47.0 Å². The van der Waals surface area contributed by atoms with Crippen molar-refractivity contribution in [2.75, 3.05) is 6.61 Å². The van der Waals surface area contributed by atoms with Crippen LogP contribution in [0.25, 0.3) is 12.2 Å². The van der Waals surface area contributed by atoms with Crippen molar-refractivity contribution in [1.82, 2.24) is 0 Å². The first-order valence-corrected chi connectivity index (χ1v) is 6.79. The van der Waals surface area contributed by atoms with Crippen LogP contribution in [0.2, 0.25) is 0 Å². The summed E-state index contributed by atoms with van der Waals surface area (Å²) in [6.07, 6.45) is 9.76. The van der Waals surface area contributed by atoms with E-state index in [9.17, 15) is 4.79 Å². The summed E-state index contributed by atoms with van der Waals surface area (Å²) < 4.78 is 4.88. The van der Waals surface area contributed by atoms with Gasteiger partial charge in [0.25, 0.3) is 0 Å². The lowest BCUT2D eigenvalue weighted by Crippen LogP contribution is -1.98. The number of hydrogen-bond acceptors (Lipinski definition) is 2. The highest BCUT2D eigenvalue weighted by molar-refractivity contribution is 5.88. The van der Waals surface area contributed by atoms with Gasteiger partial charge in [0, 0.05) is 6.08 Å². The Kier molecular flexibility index (Phi) is 6.65. The molecule has 102 valence electrons. The molecule has 0 aliphatic rings. The number of allylic oxidation sites excluding steroid dienone is 1. The predicted octanol–water partition coefficient (Wildman–Crippen LogP) is 4.38.